The Hall–Kier alpha value is -1.62. The Balaban J connectivity index is 1.84. The molecule has 5 nitrogen and oxygen atoms in total. The second kappa shape index (κ2) is 4.49. The Morgan fingerprint density at radius 3 is 2.95 bits per heavy atom. The van der Waals surface area contributed by atoms with Crippen molar-refractivity contribution in [1.29, 1.82) is 0 Å². The second-order valence-electron chi connectivity index (χ2n) is 5.58. The van der Waals surface area contributed by atoms with E-state index >= 15 is 0 Å². The second-order valence-corrected chi connectivity index (χ2v) is 5.58. The van der Waals surface area contributed by atoms with Crippen molar-refractivity contribution in [3.63, 3.8) is 0 Å². The largest absolute Gasteiger partial charge is 0.492 e. The lowest BCUT2D eigenvalue weighted by Gasteiger charge is -2.40. The number of hydrogen-bond acceptors (Lipinski definition) is 4. The summed E-state index contributed by atoms with van der Waals surface area (Å²) in [7, 11) is 0. The zero-order chi connectivity index (χ0) is 13.5. The summed E-state index contributed by atoms with van der Waals surface area (Å²) in [6.07, 6.45) is 6.01. The fraction of sp³-hybridized carbons (Fsp3) is 0.571. The maximum absolute atomic E-state index is 9.81. The molecule has 19 heavy (non-hydrogen) atoms. The minimum atomic E-state index is -0.548. The molecule has 0 unspecified atom stereocenters. The van der Waals surface area contributed by atoms with Gasteiger partial charge in [-0.05, 0) is 32.3 Å². The minimum Gasteiger partial charge on any atom is -0.492 e. The highest BCUT2D eigenvalue weighted by Gasteiger charge is 2.40. The van der Waals surface area contributed by atoms with Crippen LogP contribution in [0.3, 0.4) is 0 Å². The van der Waals surface area contributed by atoms with Gasteiger partial charge in [-0.25, -0.2) is 9.67 Å². The fourth-order valence-electron chi connectivity index (χ4n) is 2.61. The first-order valence-electron chi connectivity index (χ1n) is 6.77. The monoisotopic (exact) mass is 261 g/mol. The smallest absolute Gasteiger partial charge is 0.158 e. The Labute approximate surface area is 112 Å². The predicted octanol–water partition coefficient (Wildman–Crippen LogP) is 2.31. The quantitative estimate of drug-likeness (QED) is 0.917. The van der Waals surface area contributed by atoms with E-state index in [0.717, 1.165) is 36.0 Å². The third-order valence-corrected chi connectivity index (χ3v) is 3.58. The van der Waals surface area contributed by atoms with Crippen molar-refractivity contribution >= 4 is 11.0 Å². The van der Waals surface area contributed by atoms with E-state index in [9.17, 15) is 5.11 Å². The topological polar surface area (TPSA) is 60.2 Å². The van der Waals surface area contributed by atoms with Crippen LogP contribution >= 0.6 is 0 Å². The van der Waals surface area contributed by atoms with Crippen LogP contribution in [0, 0.1) is 0 Å². The Morgan fingerprint density at radius 2 is 2.26 bits per heavy atom. The number of nitrogens with zero attached hydrogens (tertiary/aromatic N) is 3. The zero-order valence-electron chi connectivity index (χ0n) is 11.3. The van der Waals surface area contributed by atoms with E-state index in [2.05, 4.69) is 17.0 Å². The van der Waals surface area contributed by atoms with E-state index < -0.39 is 5.60 Å². The SMILES string of the molecule is CCCOc1cnc2c(cnn2C2CC(C)(O)C2)c1. The molecule has 5 heteroatoms. The molecule has 0 radical (unpaired) electrons. The van der Waals surface area contributed by atoms with Crippen molar-refractivity contribution in [1.82, 2.24) is 14.8 Å². The van der Waals surface area contributed by atoms with Gasteiger partial charge in [0.15, 0.2) is 5.65 Å². The third-order valence-electron chi connectivity index (χ3n) is 3.58. The van der Waals surface area contributed by atoms with Crippen molar-refractivity contribution in [2.75, 3.05) is 6.61 Å². The lowest BCUT2D eigenvalue weighted by molar-refractivity contribution is -0.0531. The highest BCUT2D eigenvalue weighted by molar-refractivity contribution is 5.76. The highest BCUT2D eigenvalue weighted by Crippen LogP contribution is 2.41. The summed E-state index contributed by atoms with van der Waals surface area (Å²) in [5.41, 5.74) is 0.317. The van der Waals surface area contributed by atoms with Gasteiger partial charge in [0.25, 0.3) is 0 Å². The first kappa shape index (κ1) is 12.4. The molecule has 0 saturated heterocycles. The van der Waals surface area contributed by atoms with Gasteiger partial charge in [0.05, 0.1) is 30.6 Å². The summed E-state index contributed by atoms with van der Waals surface area (Å²) in [6.45, 7) is 4.64. The maximum Gasteiger partial charge on any atom is 0.158 e. The maximum atomic E-state index is 9.81. The molecule has 3 rings (SSSR count). The van der Waals surface area contributed by atoms with Crippen LogP contribution in [-0.4, -0.2) is 32.1 Å². The number of aliphatic hydroxyl groups is 1. The van der Waals surface area contributed by atoms with Crippen LogP contribution in [0.15, 0.2) is 18.5 Å². The number of ether oxygens (including phenoxy) is 1. The molecule has 2 aromatic rings. The standard InChI is InChI=1S/C14H19N3O2/c1-3-4-19-12-5-10-8-16-17(13(10)15-9-12)11-6-14(2,18)7-11/h5,8-9,11,18H,3-4,6-7H2,1-2H3. The van der Waals surface area contributed by atoms with Crippen molar-refractivity contribution < 1.29 is 9.84 Å². The highest BCUT2D eigenvalue weighted by atomic mass is 16.5. The van der Waals surface area contributed by atoms with Crippen molar-refractivity contribution in [3.05, 3.63) is 18.5 Å². The zero-order valence-corrected chi connectivity index (χ0v) is 11.3. The van der Waals surface area contributed by atoms with Gasteiger partial charge in [0.2, 0.25) is 0 Å². The van der Waals surface area contributed by atoms with Gasteiger partial charge in [-0.1, -0.05) is 6.92 Å². The van der Waals surface area contributed by atoms with Crippen LogP contribution < -0.4 is 4.74 Å². The molecule has 1 aliphatic carbocycles. The molecule has 1 aliphatic rings. The van der Waals surface area contributed by atoms with Crippen LogP contribution in [0.2, 0.25) is 0 Å². The predicted molar refractivity (Wildman–Crippen MR) is 72.2 cm³/mol. The van der Waals surface area contributed by atoms with E-state index in [1.165, 1.54) is 0 Å². The molecule has 2 aromatic heterocycles. The molecule has 2 heterocycles. The van der Waals surface area contributed by atoms with Crippen molar-refractivity contribution in [3.8, 4) is 5.75 Å². The van der Waals surface area contributed by atoms with E-state index in [1.807, 2.05) is 23.9 Å². The number of rotatable bonds is 4. The molecule has 1 N–H and O–H groups in total. The van der Waals surface area contributed by atoms with Gasteiger partial charge in [-0.2, -0.15) is 5.10 Å². The average Bonchev–Trinajstić information content (AvgIpc) is 2.76. The Bertz CT molecular complexity index is 583. The number of pyridine rings is 1. The molecule has 0 atom stereocenters. The summed E-state index contributed by atoms with van der Waals surface area (Å²) in [4.78, 5) is 4.44. The minimum absolute atomic E-state index is 0.252. The molecule has 0 bridgehead atoms. The number of fused-ring (bicyclic) bond motifs is 1. The van der Waals surface area contributed by atoms with Crippen LogP contribution in [-0.2, 0) is 0 Å². The fourth-order valence-corrected chi connectivity index (χ4v) is 2.61. The summed E-state index contributed by atoms with van der Waals surface area (Å²) in [6, 6.07) is 2.22. The summed E-state index contributed by atoms with van der Waals surface area (Å²) >= 11 is 0. The molecule has 1 fully saturated rings. The molecular formula is C14H19N3O2. The lowest BCUT2D eigenvalue weighted by Crippen LogP contribution is -2.42. The summed E-state index contributed by atoms with van der Waals surface area (Å²) in [5, 5.41) is 15.2. The van der Waals surface area contributed by atoms with E-state index in [-0.39, 0.29) is 6.04 Å². The molecule has 0 amide bonds. The van der Waals surface area contributed by atoms with Gasteiger partial charge in [0.1, 0.15) is 5.75 Å². The van der Waals surface area contributed by atoms with Crippen molar-refractivity contribution in [2.45, 2.75) is 44.8 Å². The molecule has 0 aliphatic heterocycles. The molecule has 102 valence electrons. The van der Waals surface area contributed by atoms with E-state index in [4.69, 9.17) is 4.74 Å². The lowest BCUT2D eigenvalue weighted by atomic mass is 9.77. The van der Waals surface area contributed by atoms with Crippen LogP contribution in [0.5, 0.6) is 5.75 Å². The third kappa shape index (κ3) is 2.30. The first-order chi connectivity index (χ1) is 9.09. The van der Waals surface area contributed by atoms with Gasteiger partial charge in [-0.3, -0.25) is 0 Å². The number of aromatic nitrogens is 3. The molecule has 0 aromatic carbocycles. The molecule has 0 spiro atoms. The first-order valence-corrected chi connectivity index (χ1v) is 6.77. The van der Waals surface area contributed by atoms with Gasteiger partial charge in [-0.15, -0.1) is 0 Å². The normalized spacial score (nSPS) is 26.4. The van der Waals surface area contributed by atoms with E-state index in [1.54, 1.807) is 6.20 Å². The van der Waals surface area contributed by atoms with Crippen LogP contribution in [0.25, 0.3) is 11.0 Å². The molecule has 1 saturated carbocycles. The summed E-state index contributed by atoms with van der Waals surface area (Å²) < 4.78 is 7.48. The van der Waals surface area contributed by atoms with Gasteiger partial charge >= 0.3 is 0 Å². The van der Waals surface area contributed by atoms with Crippen LogP contribution in [0.4, 0.5) is 0 Å². The summed E-state index contributed by atoms with van der Waals surface area (Å²) in [5.74, 6) is 0.787. The Morgan fingerprint density at radius 1 is 1.47 bits per heavy atom. The van der Waals surface area contributed by atoms with Crippen molar-refractivity contribution in [2.24, 2.45) is 0 Å². The van der Waals surface area contributed by atoms with Gasteiger partial charge < -0.3 is 9.84 Å². The molecular weight excluding hydrogens is 242 g/mol. The average molecular weight is 261 g/mol. The Kier molecular flexibility index (Phi) is 2.93. The van der Waals surface area contributed by atoms with E-state index in [0.29, 0.717) is 6.61 Å². The van der Waals surface area contributed by atoms with Crippen LogP contribution in [0.1, 0.15) is 39.2 Å². The number of hydrogen-bond donors (Lipinski definition) is 1. The van der Waals surface area contributed by atoms with Gasteiger partial charge in [0, 0.05) is 5.39 Å².